The molecule has 6 amide bonds. The van der Waals surface area contributed by atoms with Crippen molar-refractivity contribution in [2.24, 2.45) is 22.6 Å². The molecule has 20 rings (SSSR count). The van der Waals surface area contributed by atoms with E-state index in [2.05, 4.69) is 114 Å². The molecule has 5 spiro atoms. The number of aryl methyl sites for hydroxylation is 5. The fraction of sp³-hybridized carbons (Fsp3) is 0.424. The molecule has 0 radical (unpaired) electrons. The SMILES string of the molecule is CON(C)C(=O)c1ccncn1.Cc1cc(Br)c(=O)n2c1C(=O)NC21CCCCC1.Cc1cc(C(=NN)c2ccncn2)c(=O)n2c1C(=O)NC21CCCCC1.Cc1cc(C(=O)c2ccncn2)c(=O)n2c1C(=O)NC21CCCCC1.Cc1cc(Cc2ccncn2)c(=O)n2c1C(=O)NC21CCCCC1.Cc1cc(Cc2ccncn2)c(=O)n2c1C(=O)NC21CCCCC1.NN.O. The number of aromatic nitrogens is 15. The van der Waals surface area contributed by atoms with E-state index >= 15 is 0 Å². The van der Waals surface area contributed by atoms with Gasteiger partial charge in [0.2, 0.25) is 5.78 Å². The second-order valence-electron chi connectivity index (χ2n) is 34.4. The van der Waals surface area contributed by atoms with Crippen LogP contribution in [-0.2, 0) is 46.0 Å². The summed E-state index contributed by atoms with van der Waals surface area (Å²) in [6.45, 7) is 9.25. The van der Waals surface area contributed by atoms with E-state index in [0.717, 1.165) is 180 Å². The molecule has 0 bridgehead atoms. The standard InChI is InChI=1S/C18H20N6O2.C18H18N4O3.2C18H20N4O2.C13H15BrN2O2.C7H9N3O2.H4N2.H2O/c1-11-9-12(14(23-19)13-5-8-20-10-21-13)17(26)24-15(11)16(25)22-18(24)6-3-2-4-7-18;1-11-9-12(15(23)13-5-8-19-10-20-13)17(25)22-14(11)16(24)21-18(22)6-3-2-4-7-18;2*1-12-9-13(10-14-5-8-19-11-20-14)17(24)22-15(12)16(23)21-18(22)6-3-2-4-7-18;1-8-7-9(14)12(18)16-10(8)11(17)15-13(16)5-3-2-4-6-13;1-10(12-2)7(11)6-3-4-8-5-9-6;1-2;/h5,8-10H,2-4,6-7,19H2,1H3,(H,22,25);5,8-10H,2-4,6-7H2,1H3,(H,21,24);2*5,8-9,11H,2-4,6-7,10H2,1H3,(H,21,23);7H,2-6H2,1H3,(H,15,17);3-5H,1-2H3;1-2H2;1H2. The summed E-state index contributed by atoms with van der Waals surface area (Å²) in [5.41, 5.74) is 7.01. The summed E-state index contributed by atoms with van der Waals surface area (Å²) >= 11 is 3.30. The molecule has 40 heteroatoms. The van der Waals surface area contributed by atoms with Gasteiger partial charge in [-0.25, -0.2) is 54.9 Å². The van der Waals surface area contributed by atoms with Gasteiger partial charge in [-0.2, -0.15) is 5.10 Å². The van der Waals surface area contributed by atoms with Crippen LogP contribution in [0.1, 0.15) is 301 Å². The van der Waals surface area contributed by atoms with Gasteiger partial charge in [0.15, 0.2) is 0 Å². The largest absolute Gasteiger partial charge is 0.412 e. The van der Waals surface area contributed by atoms with Crippen LogP contribution in [0.25, 0.3) is 0 Å². The van der Waals surface area contributed by atoms with E-state index in [1.54, 1.807) is 62.0 Å². The molecule has 13 N–H and O–H groups in total. The Morgan fingerprint density at radius 1 is 0.394 bits per heavy atom. The molecule has 5 aliphatic carbocycles. The highest BCUT2D eigenvalue weighted by Crippen LogP contribution is 2.43. The van der Waals surface area contributed by atoms with Gasteiger partial charge in [0, 0.05) is 73.4 Å². The number of hydrazone groups is 1. The van der Waals surface area contributed by atoms with Crippen LogP contribution >= 0.6 is 15.9 Å². The van der Waals surface area contributed by atoms with Gasteiger partial charge in [0.25, 0.3) is 63.2 Å². The Hall–Kier alpha value is -13.6. The van der Waals surface area contributed by atoms with Crippen molar-refractivity contribution >= 4 is 62.9 Å². The highest BCUT2D eigenvalue weighted by atomic mass is 79.9. The van der Waals surface area contributed by atoms with E-state index in [4.69, 9.17) is 5.84 Å². The lowest BCUT2D eigenvalue weighted by Crippen LogP contribution is -2.49. The lowest BCUT2D eigenvalue weighted by Gasteiger charge is -2.35. The lowest BCUT2D eigenvalue weighted by molar-refractivity contribution is -0.0760. The Kier molecular flexibility index (Phi) is 29.7. The Bertz CT molecular complexity index is 6240. The average molecular weight is 1870 g/mol. The normalized spacial score (nSPS) is 17.6. The Balaban J connectivity index is 0.000000136. The van der Waals surface area contributed by atoms with Gasteiger partial charge >= 0.3 is 0 Å². The van der Waals surface area contributed by atoms with Crippen molar-refractivity contribution in [2.45, 2.75) is 236 Å². The third-order valence-electron chi connectivity index (χ3n) is 26.1. The predicted octanol–water partition coefficient (Wildman–Crippen LogP) is 6.74. The van der Waals surface area contributed by atoms with E-state index in [9.17, 15) is 57.5 Å². The number of hydrogen-bond donors (Lipinski definition) is 8. The van der Waals surface area contributed by atoms with E-state index in [-0.39, 0.29) is 74.4 Å². The van der Waals surface area contributed by atoms with Crippen molar-refractivity contribution in [3.05, 3.63) is 287 Å². The number of carbonyl (C=O) groups excluding carboxylic acids is 7. The maximum absolute atomic E-state index is 13.4. The fourth-order valence-corrected chi connectivity index (χ4v) is 20.6. The molecular formula is C92H108BrN25O14. The second-order valence-corrected chi connectivity index (χ2v) is 35.2. The molecule has 10 aromatic heterocycles. The van der Waals surface area contributed by atoms with E-state index in [0.29, 0.717) is 98.0 Å². The van der Waals surface area contributed by atoms with Gasteiger partial charge in [0.1, 0.15) is 106 Å². The number of nitrogens with zero attached hydrogens (tertiary/aromatic N) is 17. The van der Waals surface area contributed by atoms with E-state index in [1.165, 1.54) is 87.4 Å². The molecule has 132 heavy (non-hydrogen) atoms. The fourth-order valence-electron chi connectivity index (χ4n) is 20.1. The van der Waals surface area contributed by atoms with Crippen LogP contribution in [0.4, 0.5) is 0 Å². The molecule has 0 saturated heterocycles. The maximum atomic E-state index is 13.4. The van der Waals surface area contributed by atoms with Crippen LogP contribution in [0.3, 0.4) is 0 Å². The van der Waals surface area contributed by atoms with Crippen LogP contribution < -0.4 is 71.9 Å². The highest BCUT2D eigenvalue weighted by Gasteiger charge is 2.51. The van der Waals surface area contributed by atoms with E-state index in [1.807, 2.05) is 52.0 Å². The number of amides is 6. The zero-order chi connectivity index (χ0) is 93.3. The summed E-state index contributed by atoms with van der Waals surface area (Å²) in [5, 5.41) is 20.3. The minimum absolute atomic E-state index is 0. The summed E-state index contributed by atoms with van der Waals surface area (Å²) in [7, 11) is 2.93. The predicted molar refractivity (Wildman–Crippen MR) is 488 cm³/mol. The molecule has 10 aliphatic rings. The van der Waals surface area contributed by atoms with Gasteiger partial charge in [0.05, 0.1) is 28.4 Å². The van der Waals surface area contributed by atoms with Gasteiger partial charge in [-0.15, -0.1) is 0 Å². The highest BCUT2D eigenvalue weighted by molar-refractivity contribution is 9.10. The zero-order valence-electron chi connectivity index (χ0n) is 74.7. The molecule has 0 aromatic carbocycles. The molecular weight excluding hydrogens is 1760 g/mol. The quantitative estimate of drug-likeness (QED) is 0.0304. The minimum Gasteiger partial charge on any atom is -0.412 e. The summed E-state index contributed by atoms with van der Waals surface area (Å²) in [6.07, 6.45) is 39.3. The monoisotopic (exact) mass is 1870 g/mol. The number of halogens is 1. The second kappa shape index (κ2) is 40.8. The number of nitrogens with one attached hydrogen (secondary N) is 5. The zero-order valence-corrected chi connectivity index (χ0v) is 76.2. The Morgan fingerprint density at radius 2 is 0.674 bits per heavy atom. The van der Waals surface area contributed by atoms with Crippen molar-refractivity contribution in [1.82, 2.24) is 104 Å². The van der Waals surface area contributed by atoms with Gasteiger partial charge in [-0.3, -0.25) is 96.9 Å². The maximum Gasteiger partial charge on any atom is 0.295 e. The summed E-state index contributed by atoms with van der Waals surface area (Å²) in [4.78, 5) is 196. The van der Waals surface area contributed by atoms with Crippen LogP contribution in [0.15, 0.2) is 157 Å². The van der Waals surface area contributed by atoms with E-state index < -0.39 is 39.7 Å². The number of pyridine rings is 5. The third-order valence-corrected chi connectivity index (χ3v) is 26.6. The van der Waals surface area contributed by atoms with Gasteiger partial charge < -0.3 is 37.9 Å². The molecule has 39 nitrogen and oxygen atoms in total. The van der Waals surface area contributed by atoms with Gasteiger partial charge in [-0.05, 0) is 267 Å². The minimum atomic E-state index is -0.700. The van der Waals surface area contributed by atoms with Crippen molar-refractivity contribution in [3.8, 4) is 0 Å². The van der Waals surface area contributed by atoms with Crippen LogP contribution in [0.5, 0.6) is 0 Å². The number of hydrogen-bond acceptors (Lipinski definition) is 27. The molecule has 692 valence electrons. The van der Waals surface area contributed by atoms with Crippen LogP contribution in [-0.4, -0.2) is 144 Å². The van der Waals surface area contributed by atoms with Crippen molar-refractivity contribution in [3.63, 3.8) is 0 Å². The number of carbonyl (C=O) groups is 7. The lowest BCUT2D eigenvalue weighted by atomic mass is 9.89. The molecule has 5 aliphatic heterocycles. The number of fused-ring (bicyclic) bond motifs is 10. The first kappa shape index (κ1) is 96.0. The molecule has 5 saturated carbocycles. The van der Waals surface area contributed by atoms with Gasteiger partial charge in [-0.1, -0.05) is 32.1 Å². The number of rotatable bonds is 10. The smallest absolute Gasteiger partial charge is 0.295 e. The first-order valence-corrected chi connectivity index (χ1v) is 44.8. The number of ketones is 1. The summed E-state index contributed by atoms with van der Waals surface area (Å²) in [5.74, 6) is 12.1. The number of nitrogens with two attached hydrogens (primary N) is 3. The average Bonchev–Trinajstić information content (AvgIpc) is 1.61. The van der Waals surface area contributed by atoms with Crippen LogP contribution in [0.2, 0.25) is 0 Å². The van der Waals surface area contributed by atoms with Crippen LogP contribution in [0, 0.1) is 34.6 Å². The molecule has 0 atom stereocenters. The van der Waals surface area contributed by atoms with Crippen molar-refractivity contribution < 1.29 is 43.9 Å². The molecule has 5 fully saturated rings. The number of hydroxylamine groups is 2. The Morgan fingerprint density at radius 3 is 0.985 bits per heavy atom. The van der Waals surface area contributed by atoms with Crippen molar-refractivity contribution in [2.75, 3.05) is 14.2 Å². The van der Waals surface area contributed by atoms with Crippen molar-refractivity contribution in [1.29, 1.82) is 0 Å². The Labute approximate surface area is 766 Å². The number of hydrazine groups is 1. The first-order valence-electron chi connectivity index (χ1n) is 44.0. The summed E-state index contributed by atoms with van der Waals surface area (Å²) in [6, 6.07) is 16.8. The molecule has 0 unspecified atom stereocenters. The molecule has 15 heterocycles. The first-order chi connectivity index (χ1) is 63.1. The molecule has 10 aromatic rings. The topological polar surface area (TPSA) is 553 Å². The summed E-state index contributed by atoms with van der Waals surface area (Å²) < 4.78 is 8.85. The third kappa shape index (κ3) is 18.8.